The highest BCUT2D eigenvalue weighted by Gasteiger charge is 2.09. The summed E-state index contributed by atoms with van der Waals surface area (Å²) in [5.41, 5.74) is 2.67. The molecule has 0 atom stereocenters. The number of ketones is 2. The number of halogens is 1. The van der Waals surface area contributed by atoms with Crippen LogP contribution in [0.1, 0.15) is 51.3 Å². The number of benzene rings is 2. The highest BCUT2D eigenvalue weighted by atomic mass is 79.9. The van der Waals surface area contributed by atoms with Crippen molar-refractivity contribution in [3.05, 3.63) is 56.6 Å². The summed E-state index contributed by atoms with van der Waals surface area (Å²) < 4.78 is 0.810. The molecule has 0 aliphatic heterocycles. The number of rotatable bonds is 2. The molecule has 0 radical (unpaired) electrons. The maximum Gasteiger partial charge on any atom is 0.163 e. The second kappa shape index (κ2) is 8.45. The first-order chi connectivity index (χ1) is 11.6. The largest absolute Gasteiger partial charge is 0.507 e. The highest BCUT2D eigenvalue weighted by Crippen LogP contribution is 2.26. The molecule has 2 rings (SSSR count). The predicted octanol–water partition coefficient (Wildman–Crippen LogP) is 4.44. The molecule has 2 aromatic carbocycles. The number of carbonyl (C=O) groups is 2. The fourth-order valence-electron chi connectivity index (χ4n) is 2.05. The second-order valence-electron chi connectivity index (χ2n) is 5.53. The molecule has 0 fully saturated rings. The number of nitriles is 1. The van der Waals surface area contributed by atoms with Crippen molar-refractivity contribution in [2.45, 2.75) is 27.7 Å². The van der Waals surface area contributed by atoms with E-state index in [2.05, 4.69) is 15.9 Å². The van der Waals surface area contributed by atoms with Gasteiger partial charge in [-0.15, -0.1) is 0 Å². The summed E-state index contributed by atoms with van der Waals surface area (Å²) in [6, 6.07) is 7.97. The zero-order valence-corrected chi connectivity index (χ0v) is 15.9. The van der Waals surface area contributed by atoms with Gasteiger partial charge < -0.3 is 10.2 Å². The van der Waals surface area contributed by atoms with Gasteiger partial charge in [0.25, 0.3) is 0 Å². The summed E-state index contributed by atoms with van der Waals surface area (Å²) >= 11 is 3.26. The number of Topliss-reactive ketones (excluding diaryl/α,β-unsaturated/α-hetero) is 2. The molecule has 0 unspecified atom stereocenters. The van der Waals surface area contributed by atoms with Crippen molar-refractivity contribution in [3.8, 4) is 17.6 Å². The van der Waals surface area contributed by atoms with Crippen molar-refractivity contribution >= 4 is 27.5 Å². The topological polar surface area (TPSA) is 98.4 Å². The van der Waals surface area contributed by atoms with E-state index in [4.69, 9.17) is 5.26 Å². The van der Waals surface area contributed by atoms with Crippen molar-refractivity contribution in [1.29, 1.82) is 5.26 Å². The van der Waals surface area contributed by atoms with E-state index in [1.165, 1.54) is 32.0 Å². The van der Waals surface area contributed by atoms with Crippen LogP contribution in [0.2, 0.25) is 0 Å². The first-order valence-electron chi connectivity index (χ1n) is 7.33. The Morgan fingerprint density at radius 2 is 1.36 bits per heavy atom. The van der Waals surface area contributed by atoms with E-state index >= 15 is 0 Å². The molecule has 0 saturated carbocycles. The molecule has 0 saturated heterocycles. The predicted molar refractivity (Wildman–Crippen MR) is 98.1 cm³/mol. The van der Waals surface area contributed by atoms with Crippen LogP contribution in [-0.4, -0.2) is 21.8 Å². The van der Waals surface area contributed by atoms with E-state index in [0.29, 0.717) is 16.7 Å². The van der Waals surface area contributed by atoms with Gasteiger partial charge >= 0.3 is 0 Å². The van der Waals surface area contributed by atoms with Crippen molar-refractivity contribution in [2.75, 3.05) is 0 Å². The molecule has 6 heteroatoms. The molecule has 130 valence electrons. The van der Waals surface area contributed by atoms with Crippen LogP contribution in [0.3, 0.4) is 0 Å². The van der Waals surface area contributed by atoms with E-state index < -0.39 is 0 Å². The third-order valence-corrected chi connectivity index (χ3v) is 4.35. The van der Waals surface area contributed by atoms with Gasteiger partial charge in [-0.3, -0.25) is 9.59 Å². The lowest BCUT2D eigenvalue weighted by molar-refractivity contribution is 0.100. The van der Waals surface area contributed by atoms with Crippen LogP contribution in [0.5, 0.6) is 11.5 Å². The summed E-state index contributed by atoms with van der Waals surface area (Å²) in [5, 5.41) is 27.3. The quantitative estimate of drug-likeness (QED) is 0.721. The number of aryl methyl sites for hydroxylation is 2. The van der Waals surface area contributed by atoms with Crippen molar-refractivity contribution < 1.29 is 19.8 Å². The average molecular weight is 404 g/mol. The van der Waals surface area contributed by atoms with Crippen molar-refractivity contribution in [3.63, 3.8) is 0 Å². The first-order valence-corrected chi connectivity index (χ1v) is 8.12. The van der Waals surface area contributed by atoms with E-state index in [1.54, 1.807) is 13.0 Å². The number of hydrogen-bond donors (Lipinski definition) is 2. The van der Waals surface area contributed by atoms with Gasteiger partial charge in [0.05, 0.1) is 22.8 Å². The van der Waals surface area contributed by atoms with Crippen LogP contribution in [0.4, 0.5) is 0 Å². The van der Waals surface area contributed by atoms with E-state index in [1.807, 2.05) is 13.0 Å². The van der Waals surface area contributed by atoms with Gasteiger partial charge in [-0.1, -0.05) is 15.9 Å². The lowest BCUT2D eigenvalue weighted by Crippen LogP contribution is -1.95. The Bertz CT molecular complexity index is 882. The zero-order chi connectivity index (χ0) is 19.3. The van der Waals surface area contributed by atoms with Gasteiger partial charge in [-0.2, -0.15) is 5.26 Å². The normalized spacial score (nSPS) is 9.60. The first kappa shape index (κ1) is 20.4. The lowest BCUT2D eigenvalue weighted by atomic mass is 10.0. The van der Waals surface area contributed by atoms with Crippen molar-refractivity contribution in [2.24, 2.45) is 0 Å². The van der Waals surface area contributed by atoms with E-state index in [0.717, 1.165) is 10.0 Å². The Balaban J connectivity index is 0.000000251. The smallest absolute Gasteiger partial charge is 0.163 e. The molecule has 2 aromatic rings. The molecule has 0 heterocycles. The van der Waals surface area contributed by atoms with Crippen LogP contribution in [0.25, 0.3) is 0 Å². The maximum atomic E-state index is 11.0. The second-order valence-corrected chi connectivity index (χ2v) is 6.38. The Hall–Kier alpha value is -2.65. The monoisotopic (exact) mass is 403 g/mol. The SMILES string of the molecule is CC(=O)c1cc(C)c(Br)cc1O.CC(=O)c1cc(C)c(C#N)cc1O. The minimum absolute atomic E-state index is 0.0278. The molecule has 2 N–H and O–H groups in total. The maximum absolute atomic E-state index is 11.0. The summed E-state index contributed by atoms with van der Waals surface area (Å²) in [4.78, 5) is 21.9. The van der Waals surface area contributed by atoms with Crippen LogP contribution in [0.15, 0.2) is 28.7 Å². The van der Waals surface area contributed by atoms with Gasteiger partial charge in [-0.05, 0) is 63.1 Å². The number of hydrogen-bond acceptors (Lipinski definition) is 5. The fraction of sp³-hybridized carbons (Fsp3) is 0.211. The van der Waals surface area contributed by atoms with Crippen LogP contribution in [0, 0.1) is 25.2 Å². The number of phenols is 2. The molecular weight excluding hydrogens is 386 g/mol. The summed E-state index contributed by atoms with van der Waals surface area (Å²) in [7, 11) is 0. The molecule has 0 aliphatic carbocycles. The Labute approximate surface area is 154 Å². The molecule has 25 heavy (non-hydrogen) atoms. The number of carbonyl (C=O) groups excluding carboxylic acids is 2. The molecule has 0 bridgehead atoms. The molecular formula is C19H18BrNO4. The lowest BCUT2D eigenvalue weighted by Gasteiger charge is -2.03. The minimum atomic E-state index is -0.204. The Morgan fingerprint density at radius 3 is 1.80 bits per heavy atom. The van der Waals surface area contributed by atoms with Gasteiger partial charge in [-0.25, -0.2) is 0 Å². The molecule has 5 nitrogen and oxygen atoms in total. The third-order valence-electron chi connectivity index (χ3n) is 3.50. The molecule has 0 amide bonds. The highest BCUT2D eigenvalue weighted by molar-refractivity contribution is 9.10. The molecule has 0 spiro atoms. The summed E-state index contributed by atoms with van der Waals surface area (Å²) in [6.07, 6.45) is 0. The third kappa shape index (κ3) is 5.16. The van der Waals surface area contributed by atoms with Gasteiger partial charge in [0.1, 0.15) is 11.5 Å². The average Bonchev–Trinajstić information content (AvgIpc) is 2.52. The molecule has 0 aromatic heterocycles. The van der Waals surface area contributed by atoms with Gasteiger partial charge in [0.15, 0.2) is 11.6 Å². The van der Waals surface area contributed by atoms with E-state index in [-0.39, 0.29) is 28.6 Å². The summed E-state index contributed by atoms with van der Waals surface area (Å²) in [6.45, 7) is 6.41. The number of phenolic OH excluding ortho intramolecular Hbond substituents is 2. The van der Waals surface area contributed by atoms with Crippen LogP contribution in [-0.2, 0) is 0 Å². The van der Waals surface area contributed by atoms with Crippen LogP contribution >= 0.6 is 15.9 Å². The van der Waals surface area contributed by atoms with E-state index in [9.17, 15) is 19.8 Å². The van der Waals surface area contributed by atoms with Crippen molar-refractivity contribution in [1.82, 2.24) is 0 Å². The number of aromatic hydroxyl groups is 2. The standard InChI is InChI=1S/C10H9NO2.C9H9BrO2/c1-6-3-9(7(2)12)10(13)4-8(6)5-11;1-5-3-7(6(2)11)9(12)4-8(5)10/h3-4,13H,1-2H3;3-4,12H,1-2H3. The zero-order valence-electron chi connectivity index (χ0n) is 14.3. The fourth-order valence-corrected chi connectivity index (χ4v) is 2.38. The minimum Gasteiger partial charge on any atom is -0.507 e. The van der Waals surface area contributed by atoms with Crippen LogP contribution < -0.4 is 0 Å². The Kier molecular flexibility index (Phi) is 6.89. The summed E-state index contributed by atoms with van der Waals surface area (Å²) in [5.74, 6) is -0.428. The van der Waals surface area contributed by atoms with Gasteiger partial charge in [0, 0.05) is 4.47 Å². The molecule has 0 aliphatic rings. The number of nitrogens with zero attached hydrogens (tertiary/aromatic N) is 1. The Morgan fingerprint density at radius 1 is 0.920 bits per heavy atom. The van der Waals surface area contributed by atoms with Gasteiger partial charge in [0.2, 0.25) is 0 Å².